The minimum atomic E-state index is -0.556. The van der Waals surface area contributed by atoms with Crippen molar-refractivity contribution in [2.24, 2.45) is 0 Å². The lowest BCUT2D eigenvalue weighted by Crippen LogP contribution is -2.45. The van der Waals surface area contributed by atoms with Crippen LogP contribution < -0.4 is 10.6 Å². The van der Waals surface area contributed by atoms with Crippen molar-refractivity contribution in [2.45, 2.75) is 13.0 Å². The Labute approximate surface area is 139 Å². The van der Waals surface area contributed by atoms with Crippen LogP contribution in [0.1, 0.15) is 34.5 Å². The van der Waals surface area contributed by atoms with Crippen molar-refractivity contribution in [3.05, 3.63) is 82.6 Å². The highest BCUT2D eigenvalue weighted by molar-refractivity contribution is 6.11. The van der Waals surface area contributed by atoms with Gasteiger partial charge in [-0.05, 0) is 24.6 Å². The van der Waals surface area contributed by atoms with Gasteiger partial charge in [0.25, 0.3) is 0 Å². The maximum Gasteiger partial charge on any atom is 0.319 e. The molecule has 0 spiro atoms. The van der Waals surface area contributed by atoms with Crippen molar-refractivity contribution >= 4 is 11.8 Å². The largest absolute Gasteiger partial charge is 0.327 e. The first-order chi connectivity index (χ1) is 11.6. The quantitative estimate of drug-likeness (QED) is 0.854. The van der Waals surface area contributed by atoms with Gasteiger partial charge in [-0.2, -0.15) is 5.26 Å². The minimum Gasteiger partial charge on any atom is -0.327 e. The fourth-order valence-electron chi connectivity index (χ4n) is 2.74. The van der Waals surface area contributed by atoms with Crippen LogP contribution in [0.15, 0.2) is 65.9 Å². The molecule has 0 aliphatic carbocycles. The highest BCUT2D eigenvalue weighted by Crippen LogP contribution is 2.29. The summed E-state index contributed by atoms with van der Waals surface area (Å²) >= 11 is 0. The minimum absolute atomic E-state index is 0.144. The number of benzene rings is 2. The number of urea groups is 1. The van der Waals surface area contributed by atoms with Gasteiger partial charge in [0, 0.05) is 16.8 Å². The normalized spacial score (nSPS) is 16.8. The molecule has 24 heavy (non-hydrogen) atoms. The van der Waals surface area contributed by atoms with E-state index in [0.29, 0.717) is 22.4 Å². The molecule has 118 valence electrons. The van der Waals surface area contributed by atoms with Crippen molar-refractivity contribution in [1.29, 1.82) is 5.26 Å². The summed E-state index contributed by atoms with van der Waals surface area (Å²) in [6.45, 7) is 1.71. The molecule has 0 bridgehead atoms. The second-order valence-corrected chi connectivity index (χ2v) is 5.50. The van der Waals surface area contributed by atoms with Gasteiger partial charge < -0.3 is 10.6 Å². The standard InChI is InChI=1S/C19H15N3O2/c1-12-16(18(23)15-5-3-2-4-6-15)17(22-19(24)21-12)14-9-7-13(11-20)8-10-14/h2-10,17H,1H3,(H2,21,22,24)/t17-/m1/s1. The molecule has 0 radical (unpaired) electrons. The number of nitrogens with one attached hydrogen (secondary N) is 2. The van der Waals surface area contributed by atoms with Crippen molar-refractivity contribution in [3.8, 4) is 6.07 Å². The smallest absolute Gasteiger partial charge is 0.319 e. The zero-order valence-electron chi connectivity index (χ0n) is 13.0. The zero-order valence-corrected chi connectivity index (χ0v) is 13.0. The molecule has 0 fully saturated rings. The number of hydrogen-bond acceptors (Lipinski definition) is 3. The Kier molecular flexibility index (Phi) is 4.13. The van der Waals surface area contributed by atoms with E-state index in [1.165, 1.54) is 0 Å². The maximum atomic E-state index is 12.9. The van der Waals surface area contributed by atoms with Gasteiger partial charge >= 0.3 is 6.03 Å². The highest BCUT2D eigenvalue weighted by Gasteiger charge is 2.31. The third-order valence-corrected chi connectivity index (χ3v) is 3.92. The molecule has 1 aliphatic heterocycles. The van der Waals surface area contributed by atoms with E-state index >= 15 is 0 Å². The lowest BCUT2D eigenvalue weighted by atomic mass is 9.89. The lowest BCUT2D eigenvalue weighted by Gasteiger charge is -2.28. The summed E-state index contributed by atoms with van der Waals surface area (Å²) in [5.74, 6) is -0.144. The van der Waals surface area contributed by atoms with Crippen molar-refractivity contribution in [1.82, 2.24) is 10.6 Å². The van der Waals surface area contributed by atoms with Crippen LogP contribution in [0, 0.1) is 11.3 Å². The molecule has 2 aromatic carbocycles. The Morgan fingerprint density at radius 1 is 1.08 bits per heavy atom. The van der Waals surface area contributed by atoms with E-state index in [2.05, 4.69) is 16.7 Å². The lowest BCUT2D eigenvalue weighted by molar-refractivity contribution is 0.102. The third-order valence-electron chi connectivity index (χ3n) is 3.92. The molecule has 0 aromatic heterocycles. The van der Waals surface area contributed by atoms with Gasteiger partial charge in [-0.25, -0.2) is 4.79 Å². The van der Waals surface area contributed by atoms with Gasteiger partial charge in [-0.1, -0.05) is 42.5 Å². The second kappa shape index (κ2) is 6.39. The van der Waals surface area contributed by atoms with Crippen LogP contribution in [0.4, 0.5) is 4.79 Å². The Balaban J connectivity index is 2.05. The van der Waals surface area contributed by atoms with E-state index in [9.17, 15) is 9.59 Å². The maximum absolute atomic E-state index is 12.9. The van der Waals surface area contributed by atoms with Gasteiger partial charge in [0.05, 0.1) is 17.7 Å². The molecule has 1 heterocycles. The van der Waals surface area contributed by atoms with E-state index in [1.54, 1.807) is 55.5 Å². The van der Waals surface area contributed by atoms with E-state index in [-0.39, 0.29) is 11.8 Å². The molecule has 2 amide bonds. The Hall–Kier alpha value is -3.39. The van der Waals surface area contributed by atoms with Gasteiger partial charge in [0.1, 0.15) is 0 Å². The Morgan fingerprint density at radius 2 is 1.75 bits per heavy atom. The summed E-state index contributed by atoms with van der Waals surface area (Å²) in [5, 5.41) is 14.4. The Morgan fingerprint density at radius 3 is 2.38 bits per heavy atom. The molecule has 2 aromatic rings. The number of ketones is 1. The third kappa shape index (κ3) is 2.90. The summed E-state index contributed by atoms with van der Waals surface area (Å²) in [4.78, 5) is 24.8. The summed E-state index contributed by atoms with van der Waals surface area (Å²) in [7, 11) is 0. The summed E-state index contributed by atoms with van der Waals surface area (Å²) < 4.78 is 0. The number of carbonyl (C=O) groups excluding carboxylic acids is 2. The number of Topliss-reactive ketones (excluding diaryl/α,β-unsaturated/α-hetero) is 1. The van der Waals surface area contributed by atoms with Gasteiger partial charge in [0.2, 0.25) is 0 Å². The number of nitriles is 1. The van der Waals surface area contributed by atoms with E-state index in [0.717, 1.165) is 5.56 Å². The molecule has 0 unspecified atom stereocenters. The fraction of sp³-hybridized carbons (Fsp3) is 0.105. The summed E-state index contributed by atoms with van der Waals surface area (Å²) in [6, 6.07) is 16.9. The van der Waals surface area contributed by atoms with E-state index in [1.807, 2.05) is 6.07 Å². The van der Waals surface area contributed by atoms with E-state index < -0.39 is 6.04 Å². The van der Waals surface area contributed by atoms with Crippen LogP contribution >= 0.6 is 0 Å². The molecule has 3 rings (SSSR count). The zero-order chi connectivity index (χ0) is 17.1. The van der Waals surface area contributed by atoms with Crippen LogP contribution in [0.3, 0.4) is 0 Å². The average Bonchev–Trinajstić information content (AvgIpc) is 2.61. The van der Waals surface area contributed by atoms with E-state index in [4.69, 9.17) is 5.26 Å². The van der Waals surface area contributed by atoms with Crippen LogP contribution in [0.5, 0.6) is 0 Å². The summed E-state index contributed by atoms with van der Waals surface area (Å²) in [5.41, 5.74) is 2.86. The molecule has 0 saturated heterocycles. The van der Waals surface area contributed by atoms with Gasteiger partial charge in [0.15, 0.2) is 5.78 Å². The van der Waals surface area contributed by atoms with Gasteiger partial charge in [-0.15, -0.1) is 0 Å². The molecule has 1 aliphatic rings. The number of allylic oxidation sites excluding steroid dienone is 1. The SMILES string of the molecule is CC1=C(C(=O)c2ccccc2)[C@@H](c2ccc(C#N)cc2)NC(=O)N1. The first kappa shape index (κ1) is 15.5. The molecule has 0 saturated carbocycles. The second-order valence-electron chi connectivity index (χ2n) is 5.50. The van der Waals surface area contributed by atoms with Crippen molar-refractivity contribution < 1.29 is 9.59 Å². The molecule has 5 nitrogen and oxygen atoms in total. The average molecular weight is 317 g/mol. The predicted octanol–water partition coefficient (Wildman–Crippen LogP) is 3.07. The number of nitrogens with zero attached hydrogens (tertiary/aromatic N) is 1. The van der Waals surface area contributed by atoms with Crippen LogP contribution in [0.25, 0.3) is 0 Å². The topological polar surface area (TPSA) is 82.0 Å². The number of hydrogen-bond donors (Lipinski definition) is 2. The van der Waals surface area contributed by atoms with Crippen LogP contribution in [0.2, 0.25) is 0 Å². The van der Waals surface area contributed by atoms with Crippen molar-refractivity contribution in [2.75, 3.05) is 0 Å². The highest BCUT2D eigenvalue weighted by atomic mass is 16.2. The molecule has 2 N–H and O–H groups in total. The number of rotatable bonds is 3. The first-order valence-electron chi connectivity index (χ1n) is 7.48. The molecular formula is C19H15N3O2. The van der Waals surface area contributed by atoms with Crippen LogP contribution in [-0.4, -0.2) is 11.8 Å². The Bertz CT molecular complexity index is 862. The van der Waals surface area contributed by atoms with Crippen molar-refractivity contribution in [3.63, 3.8) is 0 Å². The predicted molar refractivity (Wildman–Crippen MR) is 89.0 cm³/mol. The summed E-state index contributed by atoms with van der Waals surface area (Å²) in [6.07, 6.45) is 0. The number of amides is 2. The molecule has 5 heteroatoms. The van der Waals surface area contributed by atoms with Crippen LogP contribution in [-0.2, 0) is 0 Å². The number of carbonyl (C=O) groups is 2. The monoisotopic (exact) mass is 317 g/mol. The fourth-order valence-corrected chi connectivity index (χ4v) is 2.74. The molecule has 1 atom stereocenters. The van der Waals surface area contributed by atoms with Gasteiger partial charge in [-0.3, -0.25) is 4.79 Å². The first-order valence-corrected chi connectivity index (χ1v) is 7.48. The molecular weight excluding hydrogens is 302 g/mol.